The van der Waals surface area contributed by atoms with Gasteiger partial charge in [0.15, 0.2) is 0 Å². The van der Waals surface area contributed by atoms with Crippen molar-refractivity contribution >= 4 is 8.60 Å². The minimum absolute atomic E-state index is 1.17. The highest BCUT2D eigenvalue weighted by molar-refractivity contribution is 7.41. The summed E-state index contributed by atoms with van der Waals surface area (Å²) in [5.41, 5.74) is 0. The lowest BCUT2D eigenvalue weighted by Gasteiger charge is -2.06. The van der Waals surface area contributed by atoms with Crippen LogP contribution in [0, 0.1) is 0 Å². The van der Waals surface area contributed by atoms with Crippen LogP contribution in [0.5, 0.6) is 0 Å². The molecule has 0 heterocycles. The zero-order valence-corrected chi connectivity index (χ0v) is 5.85. The lowest BCUT2D eigenvalue weighted by molar-refractivity contribution is 0.258. The van der Waals surface area contributed by atoms with Crippen molar-refractivity contribution in [2.75, 3.05) is 14.2 Å². The molecule has 0 aromatic rings. The van der Waals surface area contributed by atoms with E-state index >= 15 is 0 Å². The zero-order chi connectivity index (χ0) is 6.41. The summed E-state index contributed by atoms with van der Waals surface area (Å²) in [6.45, 7) is 3.33. The fourth-order valence-corrected chi connectivity index (χ4v) is 0.664. The molecule has 0 atom stereocenters. The molecular formula is C4H9O3P. The van der Waals surface area contributed by atoms with E-state index in [-0.39, 0.29) is 0 Å². The summed E-state index contributed by atoms with van der Waals surface area (Å²) in [6.07, 6.45) is 1.29. The molecule has 3 nitrogen and oxygen atoms in total. The van der Waals surface area contributed by atoms with E-state index in [0.29, 0.717) is 0 Å². The van der Waals surface area contributed by atoms with Crippen molar-refractivity contribution in [1.82, 2.24) is 0 Å². The van der Waals surface area contributed by atoms with Gasteiger partial charge in [-0.3, -0.25) is 0 Å². The van der Waals surface area contributed by atoms with Crippen molar-refractivity contribution in [3.63, 3.8) is 0 Å². The van der Waals surface area contributed by atoms with Crippen molar-refractivity contribution < 1.29 is 13.6 Å². The number of hydrogen-bond acceptors (Lipinski definition) is 3. The molecule has 8 heavy (non-hydrogen) atoms. The van der Waals surface area contributed by atoms with E-state index in [0.717, 1.165) is 0 Å². The Morgan fingerprint density at radius 1 is 1.38 bits per heavy atom. The average Bonchev–Trinajstić information content (AvgIpc) is 1.83. The monoisotopic (exact) mass is 136 g/mol. The van der Waals surface area contributed by atoms with Crippen LogP contribution >= 0.6 is 8.60 Å². The van der Waals surface area contributed by atoms with Gasteiger partial charge in [-0.15, -0.1) is 0 Å². The highest BCUT2D eigenvalue weighted by Crippen LogP contribution is 2.36. The van der Waals surface area contributed by atoms with E-state index in [1.54, 1.807) is 0 Å². The molecule has 0 bridgehead atoms. The second-order valence-electron chi connectivity index (χ2n) is 0.861. The largest absolute Gasteiger partial charge is 0.435 e. The molecule has 0 saturated carbocycles. The Bertz CT molecular complexity index is 62.3. The van der Waals surface area contributed by atoms with Crippen LogP contribution in [0.2, 0.25) is 0 Å². The molecule has 0 saturated heterocycles. The van der Waals surface area contributed by atoms with Crippen molar-refractivity contribution in [3.8, 4) is 0 Å². The summed E-state index contributed by atoms with van der Waals surface area (Å²) in [7, 11) is 1.85. The second kappa shape index (κ2) is 5.04. The molecular weight excluding hydrogens is 127 g/mol. The Hall–Kier alpha value is -0.110. The first-order valence-corrected chi connectivity index (χ1v) is 3.10. The highest BCUT2D eigenvalue weighted by atomic mass is 31.2. The van der Waals surface area contributed by atoms with Crippen molar-refractivity contribution in [3.05, 3.63) is 12.8 Å². The molecule has 0 aromatic carbocycles. The maximum absolute atomic E-state index is 4.72. The third-order valence-corrected chi connectivity index (χ3v) is 1.38. The van der Waals surface area contributed by atoms with Crippen LogP contribution < -0.4 is 0 Å². The molecule has 0 aliphatic heterocycles. The molecule has 4 heteroatoms. The van der Waals surface area contributed by atoms with Crippen molar-refractivity contribution in [2.24, 2.45) is 0 Å². The van der Waals surface area contributed by atoms with E-state index in [1.165, 1.54) is 20.5 Å². The summed E-state index contributed by atoms with van der Waals surface area (Å²) in [5, 5.41) is 0. The van der Waals surface area contributed by atoms with Crippen LogP contribution in [0.1, 0.15) is 0 Å². The third kappa shape index (κ3) is 2.97. The summed E-state index contributed by atoms with van der Waals surface area (Å²) in [4.78, 5) is 0. The molecule has 0 aromatic heterocycles. The molecule has 0 fully saturated rings. The Morgan fingerprint density at radius 3 is 2.00 bits per heavy atom. The molecule has 0 aliphatic carbocycles. The van der Waals surface area contributed by atoms with Gasteiger partial charge in [-0.2, -0.15) is 0 Å². The number of rotatable bonds is 4. The van der Waals surface area contributed by atoms with Crippen molar-refractivity contribution in [2.45, 2.75) is 0 Å². The van der Waals surface area contributed by atoms with Gasteiger partial charge in [0.2, 0.25) is 0 Å². The molecule has 0 radical (unpaired) electrons. The van der Waals surface area contributed by atoms with E-state index in [9.17, 15) is 0 Å². The molecule has 0 unspecified atom stereocenters. The first kappa shape index (κ1) is 7.89. The van der Waals surface area contributed by atoms with E-state index in [4.69, 9.17) is 4.52 Å². The molecule has 0 aliphatic rings. The predicted molar refractivity (Wildman–Crippen MR) is 32.2 cm³/mol. The van der Waals surface area contributed by atoms with Gasteiger partial charge in [-0.25, -0.2) is 0 Å². The van der Waals surface area contributed by atoms with Crippen LogP contribution in [0.25, 0.3) is 0 Å². The lowest BCUT2D eigenvalue weighted by atomic mass is 11.2. The maximum Gasteiger partial charge on any atom is 0.396 e. The number of hydrogen-bond donors (Lipinski definition) is 0. The summed E-state index contributed by atoms with van der Waals surface area (Å²) in [6, 6.07) is 0. The highest BCUT2D eigenvalue weighted by Gasteiger charge is 2.03. The van der Waals surface area contributed by atoms with E-state index in [1.807, 2.05) is 0 Å². The Morgan fingerprint density at radius 2 is 1.88 bits per heavy atom. The quantitative estimate of drug-likeness (QED) is 0.434. The van der Waals surface area contributed by atoms with Gasteiger partial charge in [-0.05, 0) is 0 Å². The molecule has 0 N–H and O–H groups in total. The summed E-state index contributed by atoms with van der Waals surface area (Å²) in [5.74, 6) is 0. The SMILES string of the molecule is C=COP(OC)OC. The van der Waals surface area contributed by atoms with E-state index < -0.39 is 8.60 Å². The van der Waals surface area contributed by atoms with Crippen LogP contribution in [-0.4, -0.2) is 14.2 Å². The Labute approximate surface area is 50.2 Å². The standard InChI is InChI=1S/C4H9O3P/c1-4-7-8(5-2)6-3/h4H,1H2,2-3H3. The third-order valence-electron chi connectivity index (χ3n) is 0.459. The Kier molecular flexibility index (Phi) is 4.97. The maximum atomic E-state index is 4.72. The van der Waals surface area contributed by atoms with Crippen LogP contribution in [0.3, 0.4) is 0 Å². The molecule has 0 rings (SSSR count). The summed E-state index contributed by atoms with van der Waals surface area (Å²) >= 11 is 0. The van der Waals surface area contributed by atoms with Gasteiger partial charge < -0.3 is 13.6 Å². The van der Waals surface area contributed by atoms with Crippen LogP contribution in [0.4, 0.5) is 0 Å². The average molecular weight is 136 g/mol. The first-order chi connectivity index (χ1) is 3.85. The minimum atomic E-state index is -1.17. The zero-order valence-electron chi connectivity index (χ0n) is 4.96. The predicted octanol–water partition coefficient (Wildman–Crippen LogP) is 1.67. The fraction of sp³-hybridized carbons (Fsp3) is 0.500. The van der Waals surface area contributed by atoms with Crippen molar-refractivity contribution in [1.29, 1.82) is 0 Å². The summed E-state index contributed by atoms with van der Waals surface area (Å²) < 4.78 is 14.1. The lowest BCUT2D eigenvalue weighted by Crippen LogP contribution is -1.80. The molecule has 0 amide bonds. The van der Waals surface area contributed by atoms with Gasteiger partial charge in [0.1, 0.15) is 0 Å². The van der Waals surface area contributed by atoms with Gasteiger partial charge in [0.05, 0.1) is 6.26 Å². The van der Waals surface area contributed by atoms with Gasteiger partial charge in [0, 0.05) is 14.2 Å². The minimum Gasteiger partial charge on any atom is -0.435 e. The van der Waals surface area contributed by atoms with E-state index in [2.05, 4.69) is 15.6 Å². The second-order valence-corrected chi connectivity index (χ2v) is 2.25. The van der Waals surface area contributed by atoms with Crippen LogP contribution in [0.15, 0.2) is 12.8 Å². The molecule has 0 spiro atoms. The van der Waals surface area contributed by atoms with Gasteiger partial charge in [-0.1, -0.05) is 6.58 Å². The Balaban J connectivity index is 3.20. The van der Waals surface area contributed by atoms with Gasteiger partial charge in [0.25, 0.3) is 0 Å². The molecule has 48 valence electrons. The van der Waals surface area contributed by atoms with Crippen LogP contribution in [-0.2, 0) is 13.6 Å². The first-order valence-electron chi connectivity index (χ1n) is 2.01. The normalized spacial score (nSPS) is 9.38. The smallest absolute Gasteiger partial charge is 0.396 e. The topological polar surface area (TPSA) is 27.7 Å². The fourth-order valence-electron chi connectivity index (χ4n) is 0.221. The van der Waals surface area contributed by atoms with Gasteiger partial charge >= 0.3 is 8.60 Å².